The molecule has 2 rings (SSSR count). The van der Waals surface area contributed by atoms with E-state index in [2.05, 4.69) is 5.32 Å². The molecule has 1 saturated heterocycles. The average Bonchev–Trinajstić information content (AvgIpc) is 2.78. The minimum atomic E-state index is -0.370. The lowest BCUT2D eigenvalue weighted by Crippen LogP contribution is -2.37. The Kier molecular flexibility index (Phi) is 6.78. The van der Waals surface area contributed by atoms with E-state index in [1.807, 2.05) is 6.92 Å². The molecule has 1 fully saturated rings. The first-order valence-electron chi connectivity index (χ1n) is 8.45. The lowest BCUT2D eigenvalue weighted by molar-refractivity contribution is -0.134. The highest BCUT2D eigenvalue weighted by molar-refractivity contribution is 5.95. The number of nitrogens with one attached hydrogen (secondary N) is 1. The van der Waals surface area contributed by atoms with Crippen LogP contribution in [0.25, 0.3) is 0 Å². The molecule has 1 aromatic carbocycles. The van der Waals surface area contributed by atoms with Gasteiger partial charge in [-0.3, -0.25) is 9.59 Å². The molecule has 1 N–H and O–H groups in total. The first-order chi connectivity index (χ1) is 11.6. The molecule has 2 amide bonds. The van der Waals surface area contributed by atoms with Crippen molar-refractivity contribution in [2.75, 3.05) is 25.0 Å². The van der Waals surface area contributed by atoms with E-state index in [9.17, 15) is 14.4 Å². The summed E-state index contributed by atoms with van der Waals surface area (Å²) in [5.74, 6) is -0.562. The van der Waals surface area contributed by atoms with Gasteiger partial charge in [0.1, 0.15) is 0 Å². The first-order valence-corrected chi connectivity index (χ1v) is 8.45. The smallest absolute Gasteiger partial charge is 0.338 e. The predicted molar refractivity (Wildman–Crippen MR) is 90.7 cm³/mol. The fourth-order valence-electron chi connectivity index (χ4n) is 2.55. The predicted octanol–water partition coefficient (Wildman–Crippen LogP) is 2.59. The van der Waals surface area contributed by atoms with Crippen LogP contribution in [-0.4, -0.2) is 42.4 Å². The summed E-state index contributed by atoms with van der Waals surface area (Å²) >= 11 is 0. The molecule has 0 aliphatic carbocycles. The Balaban J connectivity index is 1.87. The monoisotopic (exact) mass is 332 g/mol. The molecule has 0 radical (unpaired) electrons. The zero-order valence-corrected chi connectivity index (χ0v) is 14.0. The van der Waals surface area contributed by atoms with E-state index >= 15 is 0 Å². The molecule has 0 bridgehead atoms. The van der Waals surface area contributed by atoms with Gasteiger partial charge in [-0.15, -0.1) is 0 Å². The molecule has 1 aliphatic rings. The number of carbonyl (C=O) groups is 3. The summed E-state index contributed by atoms with van der Waals surface area (Å²) in [6.45, 7) is 3.02. The Morgan fingerprint density at radius 3 is 2.62 bits per heavy atom. The van der Waals surface area contributed by atoms with Crippen LogP contribution in [0.3, 0.4) is 0 Å². The maximum atomic E-state index is 12.1. The van der Waals surface area contributed by atoms with Gasteiger partial charge in [0.05, 0.1) is 18.7 Å². The number of amides is 2. The van der Waals surface area contributed by atoms with E-state index in [1.54, 1.807) is 29.2 Å². The van der Waals surface area contributed by atoms with Gasteiger partial charge in [-0.25, -0.2) is 4.79 Å². The number of esters is 1. The fourth-order valence-corrected chi connectivity index (χ4v) is 2.55. The van der Waals surface area contributed by atoms with Gasteiger partial charge < -0.3 is 15.0 Å². The van der Waals surface area contributed by atoms with Crippen LogP contribution < -0.4 is 5.32 Å². The molecule has 1 aromatic rings. The number of anilines is 1. The molecule has 0 atom stereocenters. The normalized spacial score (nSPS) is 14.9. The molecule has 6 nitrogen and oxygen atoms in total. The van der Waals surface area contributed by atoms with Crippen molar-refractivity contribution < 1.29 is 19.1 Å². The Hall–Kier alpha value is -2.37. The molecule has 1 heterocycles. The van der Waals surface area contributed by atoms with Gasteiger partial charge >= 0.3 is 5.97 Å². The van der Waals surface area contributed by atoms with Crippen molar-refractivity contribution in [1.29, 1.82) is 0 Å². The molecular formula is C18H24N2O4. The van der Waals surface area contributed by atoms with E-state index in [1.165, 1.54) is 0 Å². The zero-order valence-electron chi connectivity index (χ0n) is 14.0. The molecule has 24 heavy (non-hydrogen) atoms. The summed E-state index contributed by atoms with van der Waals surface area (Å²) in [6.07, 6.45) is 4.15. The Morgan fingerprint density at radius 1 is 1.17 bits per heavy atom. The summed E-state index contributed by atoms with van der Waals surface area (Å²) in [5.41, 5.74) is 1.04. The van der Waals surface area contributed by atoms with Gasteiger partial charge in [-0.2, -0.15) is 0 Å². The van der Waals surface area contributed by atoms with Crippen LogP contribution in [0, 0.1) is 0 Å². The van der Waals surface area contributed by atoms with Gasteiger partial charge in [0, 0.05) is 18.7 Å². The molecule has 0 saturated carbocycles. The molecular weight excluding hydrogens is 308 g/mol. The van der Waals surface area contributed by atoms with Crippen LogP contribution in [0.1, 0.15) is 49.4 Å². The third kappa shape index (κ3) is 5.37. The summed E-state index contributed by atoms with van der Waals surface area (Å²) in [4.78, 5) is 37.3. The van der Waals surface area contributed by atoms with Crippen LogP contribution >= 0.6 is 0 Å². The summed E-state index contributed by atoms with van der Waals surface area (Å²) in [7, 11) is 0. The number of hydrogen-bond donors (Lipinski definition) is 1. The van der Waals surface area contributed by atoms with Crippen LogP contribution in [0.15, 0.2) is 24.3 Å². The minimum Gasteiger partial charge on any atom is -0.462 e. The van der Waals surface area contributed by atoms with Crippen LogP contribution in [0.4, 0.5) is 5.69 Å². The number of ether oxygens (including phenoxy) is 1. The van der Waals surface area contributed by atoms with Gasteiger partial charge in [0.25, 0.3) is 0 Å². The van der Waals surface area contributed by atoms with Crippen LogP contribution in [0.2, 0.25) is 0 Å². The molecule has 1 aliphatic heterocycles. The number of hydrogen-bond acceptors (Lipinski definition) is 4. The number of rotatable bonds is 6. The Morgan fingerprint density at radius 2 is 1.92 bits per heavy atom. The fraction of sp³-hybridized carbons (Fsp3) is 0.500. The average molecular weight is 332 g/mol. The Labute approximate surface area is 142 Å². The van der Waals surface area contributed by atoms with E-state index in [0.29, 0.717) is 30.8 Å². The number of benzene rings is 1. The van der Waals surface area contributed by atoms with Gasteiger partial charge in [-0.1, -0.05) is 13.3 Å². The SMILES string of the molecule is CCCOC(=O)c1ccc(NC(=O)CN2CCCCCC2=O)cc1. The Bertz CT molecular complexity index is 583. The third-order valence-corrected chi connectivity index (χ3v) is 3.85. The van der Waals surface area contributed by atoms with Gasteiger partial charge in [0.15, 0.2) is 0 Å². The van der Waals surface area contributed by atoms with E-state index in [4.69, 9.17) is 4.74 Å². The second kappa shape index (κ2) is 9.05. The first kappa shape index (κ1) is 18.0. The lowest BCUT2D eigenvalue weighted by atomic mass is 10.2. The van der Waals surface area contributed by atoms with Crippen molar-refractivity contribution >= 4 is 23.5 Å². The topological polar surface area (TPSA) is 75.7 Å². The molecule has 0 spiro atoms. The lowest BCUT2D eigenvalue weighted by Gasteiger charge is -2.19. The highest BCUT2D eigenvalue weighted by Gasteiger charge is 2.19. The molecule has 130 valence electrons. The summed E-state index contributed by atoms with van der Waals surface area (Å²) in [5, 5.41) is 2.75. The molecule has 0 unspecified atom stereocenters. The van der Waals surface area contributed by atoms with Crippen molar-refractivity contribution in [3.8, 4) is 0 Å². The van der Waals surface area contributed by atoms with Crippen LogP contribution in [0.5, 0.6) is 0 Å². The second-order valence-electron chi connectivity index (χ2n) is 5.89. The van der Waals surface area contributed by atoms with Gasteiger partial charge in [0.2, 0.25) is 11.8 Å². The largest absolute Gasteiger partial charge is 0.462 e. The molecule has 6 heteroatoms. The number of likely N-dealkylation sites (tertiary alicyclic amines) is 1. The van der Waals surface area contributed by atoms with Crippen molar-refractivity contribution in [3.63, 3.8) is 0 Å². The number of nitrogens with zero attached hydrogens (tertiary/aromatic N) is 1. The van der Waals surface area contributed by atoms with Crippen molar-refractivity contribution in [2.24, 2.45) is 0 Å². The van der Waals surface area contributed by atoms with E-state index in [0.717, 1.165) is 25.7 Å². The zero-order chi connectivity index (χ0) is 17.4. The van der Waals surface area contributed by atoms with E-state index in [-0.39, 0.29) is 24.3 Å². The highest BCUT2D eigenvalue weighted by Crippen LogP contribution is 2.13. The number of carbonyl (C=O) groups excluding carboxylic acids is 3. The highest BCUT2D eigenvalue weighted by atomic mass is 16.5. The van der Waals surface area contributed by atoms with Crippen molar-refractivity contribution in [1.82, 2.24) is 4.90 Å². The quantitative estimate of drug-likeness (QED) is 0.813. The minimum absolute atomic E-state index is 0.0386. The van der Waals surface area contributed by atoms with Crippen LogP contribution in [-0.2, 0) is 14.3 Å². The molecule has 0 aromatic heterocycles. The summed E-state index contributed by atoms with van der Waals surface area (Å²) in [6, 6.07) is 6.55. The third-order valence-electron chi connectivity index (χ3n) is 3.85. The maximum Gasteiger partial charge on any atom is 0.338 e. The van der Waals surface area contributed by atoms with Crippen molar-refractivity contribution in [2.45, 2.75) is 39.0 Å². The van der Waals surface area contributed by atoms with Crippen molar-refractivity contribution in [3.05, 3.63) is 29.8 Å². The van der Waals surface area contributed by atoms with Gasteiger partial charge in [-0.05, 0) is 43.5 Å². The second-order valence-corrected chi connectivity index (χ2v) is 5.89. The summed E-state index contributed by atoms with van der Waals surface area (Å²) < 4.78 is 5.05. The van der Waals surface area contributed by atoms with E-state index < -0.39 is 0 Å². The standard InChI is InChI=1S/C18H24N2O4/c1-2-12-24-18(23)14-7-9-15(10-8-14)19-16(21)13-20-11-5-3-4-6-17(20)22/h7-10H,2-6,11-13H2,1H3,(H,19,21). The maximum absolute atomic E-state index is 12.1.